The third-order valence-electron chi connectivity index (χ3n) is 4.31. The zero-order valence-electron chi connectivity index (χ0n) is 11.8. The summed E-state index contributed by atoms with van der Waals surface area (Å²) in [4.78, 5) is 4.20. The largest absolute Gasteiger partial charge is 0.383 e. The lowest BCUT2D eigenvalue weighted by molar-refractivity contribution is 0.359. The molecule has 1 aliphatic rings. The van der Waals surface area contributed by atoms with Gasteiger partial charge in [-0.1, -0.05) is 38.3 Å². The minimum Gasteiger partial charge on any atom is -0.383 e. The Morgan fingerprint density at radius 1 is 1.47 bits per heavy atom. The molecule has 1 aromatic rings. The number of hydrogen-bond acceptors (Lipinski definition) is 3. The van der Waals surface area contributed by atoms with Crippen LogP contribution in [0.3, 0.4) is 0 Å². The number of nitrogen functional groups attached to an aromatic ring is 1. The third kappa shape index (κ3) is 3.40. The average Bonchev–Trinajstić information content (AvgIpc) is 2.88. The van der Waals surface area contributed by atoms with E-state index in [9.17, 15) is 0 Å². The molecule has 3 nitrogen and oxygen atoms in total. The Bertz CT molecular complexity index is 422. The van der Waals surface area contributed by atoms with Gasteiger partial charge in [-0.3, -0.25) is 0 Å². The van der Waals surface area contributed by atoms with Crippen LogP contribution < -0.4 is 11.1 Å². The molecular formula is C15H24ClN3. The maximum absolute atomic E-state index is 6.08. The predicted octanol–water partition coefficient (Wildman–Crippen LogP) is 3.79. The van der Waals surface area contributed by atoms with E-state index in [1.807, 2.05) is 6.07 Å². The molecule has 0 saturated heterocycles. The van der Waals surface area contributed by atoms with E-state index >= 15 is 0 Å². The van der Waals surface area contributed by atoms with Gasteiger partial charge in [0.05, 0.1) is 5.02 Å². The van der Waals surface area contributed by atoms with Crippen molar-refractivity contribution in [2.24, 2.45) is 11.8 Å². The van der Waals surface area contributed by atoms with Gasteiger partial charge in [0.25, 0.3) is 0 Å². The van der Waals surface area contributed by atoms with Crippen LogP contribution in [0, 0.1) is 11.8 Å². The third-order valence-corrected chi connectivity index (χ3v) is 4.51. The Balaban J connectivity index is 2.22. The molecule has 3 atom stereocenters. The molecule has 0 aliphatic heterocycles. The summed E-state index contributed by atoms with van der Waals surface area (Å²) >= 11 is 6.08. The zero-order chi connectivity index (χ0) is 13.8. The number of halogens is 1. The lowest BCUT2D eigenvalue weighted by Gasteiger charge is -2.26. The topological polar surface area (TPSA) is 50.9 Å². The van der Waals surface area contributed by atoms with Crippen molar-refractivity contribution in [3.8, 4) is 0 Å². The van der Waals surface area contributed by atoms with Gasteiger partial charge in [0.15, 0.2) is 0 Å². The van der Waals surface area contributed by atoms with Gasteiger partial charge in [0, 0.05) is 17.8 Å². The van der Waals surface area contributed by atoms with Crippen molar-refractivity contribution in [1.29, 1.82) is 0 Å². The summed E-state index contributed by atoms with van der Waals surface area (Å²) in [6.45, 7) is 5.35. The van der Waals surface area contributed by atoms with Gasteiger partial charge >= 0.3 is 0 Å². The highest BCUT2D eigenvalue weighted by Crippen LogP contribution is 2.41. The second-order valence-corrected chi connectivity index (χ2v) is 5.95. The first kappa shape index (κ1) is 14.6. The Hall–Kier alpha value is -0.800. The van der Waals surface area contributed by atoms with E-state index in [2.05, 4.69) is 24.1 Å². The molecule has 1 fully saturated rings. The van der Waals surface area contributed by atoms with E-state index in [1.54, 1.807) is 6.20 Å². The summed E-state index contributed by atoms with van der Waals surface area (Å²) in [5, 5.41) is 4.24. The van der Waals surface area contributed by atoms with Crippen molar-refractivity contribution in [2.75, 3.05) is 12.3 Å². The van der Waals surface area contributed by atoms with Crippen molar-refractivity contribution in [1.82, 2.24) is 10.3 Å². The second kappa shape index (κ2) is 6.58. The first-order valence-electron chi connectivity index (χ1n) is 7.30. The van der Waals surface area contributed by atoms with Crippen LogP contribution in [0.5, 0.6) is 0 Å². The molecule has 1 aromatic heterocycles. The van der Waals surface area contributed by atoms with Gasteiger partial charge in [0.1, 0.15) is 5.82 Å². The number of nitrogens with zero attached hydrogens (tertiary/aromatic N) is 1. The van der Waals surface area contributed by atoms with Crippen LogP contribution in [-0.4, -0.2) is 11.5 Å². The molecule has 1 aliphatic carbocycles. The number of rotatable bonds is 5. The number of nitrogens with two attached hydrogens (primary N) is 1. The summed E-state index contributed by atoms with van der Waals surface area (Å²) in [7, 11) is 0. The molecule has 2 rings (SSSR count). The molecule has 106 valence electrons. The first-order valence-corrected chi connectivity index (χ1v) is 7.67. The number of hydrogen-bond donors (Lipinski definition) is 2. The molecule has 0 radical (unpaired) electrons. The van der Waals surface area contributed by atoms with E-state index in [-0.39, 0.29) is 6.04 Å². The van der Waals surface area contributed by atoms with Gasteiger partial charge in [-0.05, 0) is 37.3 Å². The number of anilines is 1. The zero-order valence-corrected chi connectivity index (χ0v) is 12.6. The number of aromatic nitrogens is 1. The molecule has 0 aromatic carbocycles. The van der Waals surface area contributed by atoms with Crippen LogP contribution in [0.4, 0.5) is 5.82 Å². The molecule has 4 heteroatoms. The van der Waals surface area contributed by atoms with E-state index in [0.29, 0.717) is 16.8 Å². The summed E-state index contributed by atoms with van der Waals surface area (Å²) < 4.78 is 0. The van der Waals surface area contributed by atoms with Crippen LogP contribution in [0.2, 0.25) is 5.02 Å². The van der Waals surface area contributed by atoms with E-state index in [1.165, 1.54) is 25.7 Å². The molecule has 3 unspecified atom stereocenters. The summed E-state index contributed by atoms with van der Waals surface area (Å²) in [5.74, 6) is 2.11. The monoisotopic (exact) mass is 281 g/mol. The van der Waals surface area contributed by atoms with E-state index in [0.717, 1.165) is 18.0 Å². The quantitative estimate of drug-likeness (QED) is 0.863. The second-order valence-electron chi connectivity index (χ2n) is 5.51. The highest BCUT2D eigenvalue weighted by atomic mass is 35.5. The van der Waals surface area contributed by atoms with Crippen LogP contribution in [-0.2, 0) is 0 Å². The van der Waals surface area contributed by atoms with Gasteiger partial charge in [-0.25, -0.2) is 4.98 Å². The number of nitrogens with one attached hydrogen (secondary N) is 1. The van der Waals surface area contributed by atoms with Gasteiger partial charge in [-0.15, -0.1) is 0 Å². The Morgan fingerprint density at radius 2 is 2.26 bits per heavy atom. The maximum Gasteiger partial charge on any atom is 0.128 e. The molecule has 3 N–H and O–H groups in total. The van der Waals surface area contributed by atoms with E-state index in [4.69, 9.17) is 17.3 Å². The minimum absolute atomic E-state index is 0.285. The molecule has 0 amide bonds. The van der Waals surface area contributed by atoms with Crippen LogP contribution in [0.15, 0.2) is 12.3 Å². The fourth-order valence-corrected chi connectivity index (χ4v) is 3.42. The highest BCUT2D eigenvalue weighted by Gasteiger charge is 2.31. The smallest absolute Gasteiger partial charge is 0.128 e. The molecule has 0 bridgehead atoms. The first-order chi connectivity index (χ1) is 9.15. The van der Waals surface area contributed by atoms with Crippen LogP contribution in [0.1, 0.15) is 51.1 Å². The van der Waals surface area contributed by atoms with Gasteiger partial charge in [-0.2, -0.15) is 0 Å². The van der Waals surface area contributed by atoms with E-state index < -0.39 is 0 Å². The fraction of sp³-hybridized carbons (Fsp3) is 0.667. The standard InChI is InChI=1S/C15H24ClN3/c1-3-10-5-6-11(7-10)14(18-4-2)13-8-12(16)9-19-15(13)17/h8-11,14,18H,3-7H2,1-2H3,(H2,17,19). The van der Waals surface area contributed by atoms with Crippen molar-refractivity contribution in [3.63, 3.8) is 0 Å². The maximum atomic E-state index is 6.08. The Morgan fingerprint density at radius 3 is 2.89 bits per heavy atom. The van der Waals surface area contributed by atoms with Gasteiger partial charge in [0.2, 0.25) is 0 Å². The molecule has 1 saturated carbocycles. The molecule has 1 heterocycles. The SMILES string of the molecule is CCNC(c1cc(Cl)cnc1N)C1CCC(CC)C1. The van der Waals surface area contributed by atoms with Crippen molar-refractivity contribution >= 4 is 17.4 Å². The van der Waals surface area contributed by atoms with Crippen molar-refractivity contribution < 1.29 is 0 Å². The van der Waals surface area contributed by atoms with Crippen LogP contribution in [0.25, 0.3) is 0 Å². The average molecular weight is 282 g/mol. The Kier molecular flexibility index (Phi) is 5.06. The number of pyridine rings is 1. The van der Waals surface area contributed by atoms with Crippen LogP contribution >= 0.6 is 11.6 Å². The van der Waals surface area contributed by atoms with Crippen molar-refractivity contribution in [2.45, 2.75) is 45.6 Å². The lowest BCUT2D eigenvalue weighted by Crippen LogP contribution is -2.28. The minimum atomic E-state index is 0.285. The summed E-state index contributed by atoms with van der Waals surface area (Å²) in [5.41, 5.74) is 7.11. The van der Waals surface area contributed by atoms with Crippen molar-refractivity contribution in [3.05, 3.63) is 22.8 Å². The molecular weight excluding hydrogens is 258 g/mol. The molecule has 0 spiro atoms. The predicted molar refractivity (Wildman–Crippen MR) is 81.2 cm³/mol. The lowest BCUT2D eigenvalue weighted by atomic mass is 9.90. The van der Waals surface area contributed by atoms with Gasteiger partial charge < -0.3 is 11.1 Å². The highest BCUT2D eigenvalue weighted by molar-refractivity contribution is 6.30. The molecule has 19 heavy (non-hydrogen) atoms. The summed E-state index contributed by atoms with van der Waals surface area (Å²) in [6, 6.07) is 2.25. The Labute approximate surface area is 120 Å². The fourth-order valence-electron chi connectivity index (χ4n) is 3.25. The summed E-state index contributed by atoms with van der Waals surface area (Å²) in [6.07, 6.45) is 6.77. The normalized spacial score (nSPS) is 24.6.